The van der Waals surface area contributed by atoms with Crippen molar-refractivity contribution in [2.45, 2.75) is 49.6 Å². The third-order valence-corrected chi connectivity index (χ3v) is 7.93. The van der Waals surface area contributed by atoms with Crippen molar-refractivity contribution in [2.75, 3.05) is 17.3 Å². The molecule has 0 saturated carbocycles. The summed E-state index contributed by atoms with van der Waals surface area (Å²) in [5.74, 6) is 2.11. The smallest absolute Gasteiger partial charge is 0.242 e. The predicted octanol–water partition coefficient (Wildman–Crippen LogP) is 3.71. The van der Waals surface area contributed by atoms with Crippen molar-refractivity contribution in [2.24, 2.45) is 0 Å². The molecule has 0 radical (unpaired) electrons. The minimum atomic E-state index is -3.81. The first-order valence-electron chi connectivity index (χ1n) is 11.4. The van der Waals surface area contributed by atoms with Gasteiger partial charge in [-0.2, -0.15) is 16.5 Å². The van der Waals surface area contributed by atoms with Crippen LogP contribution in [0.25, 0.3) is 11.4 Å². The molecule has 34 heavy (non-hydrogen) atoms. The topological polar surface area (TPSA) is 106 Å². The van der Waals surface area contributed by atoms with Gasteiger partial charge in [0.05, 0.1) is 4.90 Å². The zero-order valence-electron chi connectivity index (χ0n) is 19.1. The zero-order chi connectivity index (χ0) is 24.0. The van der Waals surface area contributed by atoms with Crippen LogP contribution in [0.2, 0.25) is 0 Å². The van der Waals surface area contributed by atoms with Gasteiger partial charge in [-0.25, -0.2) is 8.42 Å². The monoisotopic (exact) mass is 499 g/mol. The summed E-state index contributed by atoms with van der Waals surface area (Å²) >= 11 is 1.56. The molecule has 1 amide bonds. The van der Waals surface area contributed by atoms with Crippen LogP contribution in [0.4, 0.5) is 5.69 Å². The molecule has 4 rings (SSSR count). The second kappa shape index (κ2) is 11.2. The number of benzene rings is 2. The van der Waals surface area contributed by atoms with Gasteiger partial charge in [0.15, 0.2) is 5.82 Å². The Bertz CT molecular complexity index is 1210. The molecule has 0 saturated heterocycles. The van der Waals surface area contributed by atoms with Gasteiger partial charge in [-0.1, -0.05) is 24.6 Å². The van der Waals surface area contributed by atoms with Crippen LogP contribution in [0.3, 0.4) is 0 Å². The summed E-state index contributed by atoms with van der Waals surface area (Å²) in [5, 5.41) is 11.6. The highest BCUT2D eigenvalue weighted by Gasteiger charge is 2.25. The second-order valence-corrected chi connectivity index (χ2v) is 10.9. The first kappa shape index (κ1) is 24.4. The molecule has 1 aliphatic heterocycles. The SMILES string of the molecule is CSCC[C@@H](NS(=O)(=O)c1ccccc1)C(=O)Nc1ccc(-c2nnc3n2CCCCC3)cc1. The highest BCUT2D eigenvalue weighted by atomic mass is 32.2. The fourth-order valence-electron chi connectivity index (χ4n) is 3.96. The Hall–Kier alpha value is -2.69. The maximum atomic E-state index is 13.0. The number of sulfonamides is 1. The van der Waals surface area contributed by atoms with E-state index in [1.54, 1.807) is 30.0 Å². The van der Waals surface area contributed by atoms with E-state index in [-0.39, 0.29) is 4.90 Å². The van der Waals surface area contributed by atoms with E-state index in [0.29, 0.717) is 17.9 Å². The molecule has 1 aliphatic rings. The Morgan fingerprint density at radius 1 is 1.06 bits per heavy atom. The van der Waals surface area contributed by atoms with Crippen LogP contribution in [0, 0.1) is 0 Å². The number of aryl methyl sites for hydroxylation is 1. The highest BCUT2D eigenvalue weighted by molar-refractivity contribution is 7.98. The largest absolute Gasteiger partial charge is 0.325 e. The van der Waals surface area contributed by atoms with Gasteiger partial charge in [0.1, 0.15) is 11.9 Å². The molecule has 8 nitrogen and oxygen atoms in total. The van der Waals surface area contributed by atoms with Crippen LogP contribution >= 0.6 is 11.8 Å². The molecule has 1 atom stereocenters. The minimum Gasteiger partial charge on any atom is -0.325 e. The number of anilines is 1. The summed E-state index contributed by atoms with van der Waals surface area (Å²) in [5.41, 5.74) is 1.53. The molecule has 2 heterocycles. The Morgan fingerprint density at radius 3 is 2.56 bits per heavy atom. The van der Waals surface area contributed by atoms with Gasteiger partial charge >= 0.3 is 0 Å². The van der Waals surface area contributed by atoms with Gasteiger partial charge in [-0.15, -0.1) is 10.2 Å². The molecular weight excluding hydrogens is 470 g/mol. The number of nitrogens with zero attached hydrogens (tertiary/aromatic N) is 3. The van der Waals surface area contributed by atoms with Gasteiger partial charge in [-0.05, 0) is 67.7 Å². The van der Waals surface area contributed by atoms with Crippen molar-refractivity contribution in [3.63, 3.8) is 0 Å². The quantitative estimate of drug-likeness (QED) is 0.465. The Balaban J connectivity index is 1.47. The lowest BCUT2D eigenvalue weighted by molar-refractivity contribution is -0.117. The van der Waals surface area contributed by atoms with Crippen molar-refractivity contribution >= 4 is 33.4 Å². The summed E-state index contributed by atoms with van der Waals surface area (Å²) in [7, 11) is -3.81. The molecule has 1 aromatic heterocycles. The number of carbonyl (C=O) groups is 1. The molecule has 2 aromatic carbocycles. The molecule has 180 valence electrons. The molecule has 0 aliphatic carbocycles. The lowest BCUT2D eigenvalue weighted by Crippen LogP contribution is -2.44. The standard InChI is InChI=1S/C24H29N5O3S2/c1-33-17-15-21(28-34(31,32)20-8-4-2-5-9-20)24(30)25-19-13-11-18(12-14-19)23-27-26-22-10-6-3-7-16-29(22)23/h2,4-5,8-9,11-14,21,28H,3,6-7,10,15-17H2,1H3,(H,25,30)/t21-/m1/s1. The molecule has 10 heteroatoms. The summed E-state index contributed by atoms with van der Waals surface area (Å²) in [4.78, 5) is 13.1. The minimum absolute atomic E-state index is 0.133. The summed E-state index contributed by atoms with van der Waals surface area (Å²) in [6, 6.07) is 14.6. The first-order valence-corrected chi connectivity index (χ1v) is 14.3. The number of amides is 1. The van der Waals surface area contributed by atoms with Gasteiger partial charge in [-0.3, -0.25) is 4.79 Å². The molecule has 2 N–H and O–H groups in total. The van der Waals surface area contributed by atoms with E-state index in [4.69, 9.17) is 0 Å². The third-order valence-electron chi connectivity index (χ3n) is 5.80. The highest BCUT2D eigenvalue weighted by Crippen LogP contribution is 2.24. The molecule has 0 unspecified atom stereocenters. The number of hydrogen-bond acceptors (Lipinski definition) is 6. The number of thioether (sulfide) groups is 1. The number of hydrogen-bond donors (Lipinski definition) is 2. The van der Waals surface area contributed by atoms with E-state index < -0.39 is 22.0 Å². The van der Waals surface area contributed by atoms with Gasteiger partial charge in [0.25, 0.3) is 0 Å². The van der Waals surface area contributed by atoms with Crippen molar-refractivity contribution in [3.8, 4) is 11.4 Å². The van der Waals surface area contributed by atoms with Crippen molar-refractivity contribution in [1.82, 2.24) is 19.5 Å². The third kappa shape index (κ3) is 5.86. The Morgan fingerprint density at radius 2 is 1.82 bits per heavy atom. The van der Waals surface area contributed by atoms with E-state index in [2.05, 4.69) is 24.8 Å². The predicted molar refractivity (Wildman–Crippen MR) is 135 cm³/mol. The van der Waals surface area contributed by atoms with Gasteiger partial charge in [0, 0.05) is 24.2 Å². The van der Waals surface area contributed by atoms with Crippen molar-refractivity contribution in [3.05, 3.63) is 60.4 Å². The van der Waals surface area contributed by atoms with E-state index in [1.807, 2.05) is 30.5 Å². The summed E-state index contributed by atoms with van der Waals surface area (Å²) < 4.78 is 30.3. The molecular formula is C24H29N5O3S2. The fourth-order valence-corrected chi connectivity index (χ4v) is 5.69. The second-order valence-electron chi connectivity index (χ2n) is 8.24. The van der Waals surface area contributed by atoms with Gasteiger partial charge < -0.3 is 9.88 Å². The van der Waals surface area contributed by atoms with Gasteiger partial charge in [0.2, 0.25) is 15.9 Å². The zero-order valence-corrected chi connectivity index (χ0v) is 20.7. The average molecular weight is 500 g/mol. The van der Waals surface area contributed by atoms with E-state index in [1.165, 1.54) is 18.6 Å². The molecule has 3 aromatic rings. The van der Waals surface area contributed by atoms with Crippen LogP contribution in [0.1, 0.15) is 31.5 Å². The lowest BCUT2D eigenvalue weighted by atomic mass is 10.1. The van der Waals surface area contributed by atoms with Crippen LogP contribution in [-0.2, 0) is 27.8 Å². The van der Waals surface area contributed by atoms with Crippen molar-refractivity contribution < 1.29 is 13.2 Å². The van der Waals surface area contributed by atoms with Crippen LogP contribution in [0.15, 0.2) is 59.5 Å². The normalized spacial score (nSPS) is 14.7. The molecule has 0 spiro atoms. The maximum absolute atomic E-state index is 13.0. The summed E-state index contributed by atoms with van der Waals surface area (Å²) in [6.07, 6.45) is 6.68. The van der Waals surface area contributed by atoms with Crippen LogP contribution in [-0.4, -0.2) is 47.1 Å². The molecule has 0 bridgehead atoms. The van der Waals surface area contributed by atoms with Crippen LogP contribution < -0.4 is 10.0 Å². The van der Waals surface area contributed by atoms with E-state index >= 15 is 0 Å². The lowest BCUT2D eigenvalue weighted by Gasteiger charge is -2.18. The van der Waals surface area contributed by atoms with Crippen LogP contribution in [0.5, 0.6) is 0 Å². The van der Waals surface area contributed by atoms with E-state index in [9.17, 15) is 13.2 Å². The fraction of sp³-hybridized carbons (Fsp3) is 0.375. The number of fused-ring (bicyclic) bond motifs is 1. The Kier molecular flexibility index (Phi) is 8.02. The first-order chi connectivity index (χ1) is 16.5. The molecule has 0 fully saturated rings. The Labute approximate surface area is 204 Å². The maximum Gasteiger partial charge on any atom is 0.242 e. The average Bonchev–Trinajstić information content (AvgIpc) is 3.10. The number of nitrogens with one attached hydrogen (secondary N) is 2. The number of carbonyl (C=O) groups excluding carboxylic acids is 1. The summed E-state index contributed by atoms with van der Waals surface area (Å²) in [6.45, 7) is 0.912. The van der Waals surface area contributed by atoms with E-state index in [0.717, 1.165) is 43.0 Å². The van der Waals surface area contributed by atoms with Crippen molar-refractivity contribution in [1.29, 1.82) is 0 Å². The number of rotatable bonds is 9. The number of aromatic nitrogens is 3.